The lowest BCUT2D eigenvalue weighted by atomic mass is 9.82. The number of carbonyl (C=O) groups is 1. The van der Waals surface area contributed by atoms with E-state index in [1.54, 1.807) is 11.1 Å². The lowest BCUT2D eigenvalue weighted by Crippen LogP contribution is -2.23. The number of nitrogens with one attached hydrogen (secondary N) is 1. The largest absolute Gasteiger partial charge is 0.397 e. The van der Waals surface area contributed by atoms with E-state index in [9.17, 15) is 4.79 Å². The number of oxime groups is 1. The number of benzene rings is 3. The van der Waals surface area contributed by atoms with Crippen LogP contribution in [0.25, 0.3) is 0 Å². The molecule has 6 rings (SSSR count). The Hall–Kier alpha value is -3.60. The van der Waals surface area contributed by atoms with Crippen molar-refractivity contribution in [1.82, 2.24) is 5.32 Å². The van der Waals surface area contributed by atoms with Crippen molar-refractivity contribution in [3.63, 3.8) is 0 Å². The van der Waals surface area contributed by atoms with E-state index in [1.807, 2.05) is 30.3 Å². The standard InChI is InChI=1S/C30H31N3O2/c1-35-33-29(31)21-4-2-18(3-5-21)17-32-30(34)23-11-10-22-12-25-15-27(19-6-7-19)28(20-8-9-20)16-26(25)14-24(22)13-23/h2-5,10-11,13,15-16,19-20H,6-9,12,14,17H2,1H3,(H2,31,33)(H,32,34). The lowest BCUT2D eigenvalue weighted by molar-refractivity contribution is 0.0951. The number of rotatable bonds is 7. The third-order valence-corrected chi connectivity index (χ3v) is 7.56. The molecule has 0 saturated heterocycles. The molecule has 2 fully saturated rings. The highest BCUT2D eigenvalue weighted by Gasteiger charge is 2.34. The van der Waals surface area contributed by atoms with Crippen LogP contribution in [0, 0.1) is 0 Å². The molecule has 2 saturated carbocycles. The molecule has 0 aromatic heterocycles. The zero-order chi connectivity index (χ0) is 23.9. The average Bonchev–Trinajstić information content (AvgIpc) is 3.78. The highest BCUT2D eigenvalue weighted by atomic mass is 16.6. The van der Waals surface area contributed by atoms with Crippen molar-refractivity contribution in [2.75, 3.05) is 7.11 Å². The minimum Gasteiger partial charge on any atom is -0.397 e. The fourth-order valence-electron chi connectivity index (χ4n) is 5.30. The molecular weight excluding hydrogens is 434 g/mol. The predicted molar refractivity (Wildman–Crippen MR) is 138 cm³/mol. The minimum atomic E-state index is -0.0501. The van der Waals surface area contributed by atoms with Crippen LogP contribution in [-0.2, 0) is 24.2 Å². The van der Waals surface area contributed by atoms with Crippen molar-refractivity contribution in [3.05, 3.63) is 105 Å². The smallest absolute Gasteiger partial charge is 0.251 e. The zero-order valence-corrected chi connectivity index (χ0v) is 20.1. The summed E-state index contributed by atoms with van der Waals surface area (Å²) in [5.74, 6) is 1.86. The molecule has 0 unspecified atom stereocenters. The summed E-state index contributed by atoms with van der Waals surface area (Å²) in [5.41, 5.74) is 17.2. The van der Waals surface area contributed by atoms with Gasteiger partial charge in [-0.3, -0.25) is 4.79 Å². The molecule has 0 heterocycles. The first-order valence-corrected chi connectivity index (χ1v) is 12.6. The van der Waals surface area contributed by atoms with Gasteiger partial charge >= 0.3 is 0 Å². The first-order chi connectivity index (χ1) is 17.1. The molecule has 0 bridgehead atoms. The Morgan fingerprint density at radius 1 is 0.857 bits per heavy atom. The molecule has 35 heavy (non-hydrogen) atoms. The molecule has 0 aliphatic heterocycles. The fraction of sp³-hybridized carbons (Fsp3) is 0.333. The normalized spacial score (nSPS) is 16.9. The Morgan fingerprint density at radius 3 is 2.03 bits per heavy atom. The molecule has 3 aromatic rings. The van der Waals surface area contributed by atoms with Crippen LogP contribution < -0.4 is 11.1 Å². The molecule has 3 aliphatic rings. The summed E-state index contributed by atoms with van der Waals surface area (Å²) < 4.78 is 0. The van der Waals surface area contributed by atoms with Gasteiger partial charge in [0.05, 0.1) is 0 Å². The van der Waals surface area contributed by atoms with Gasteiger partial charge in [0.15, 0.2) is 5.84 Å². The van der Waals surface area contributed by atoms with E-state index >= 15 is 0 Å². The first kappa shape index (κ1) is 21.9. The van der Waals surface area contributed by atoms with E-state index < -0.39 is 0 Å². The van der Waals surface area contributed by atoms with Gasteiger partial charge in [0.25, 0.3) is 5.91 Å². The second-order valence-corrected chi connectivity index (χ2v) is 10.2. The molecular formula is C30H31N3O2. The molecule has 5 heteroatoms. The maximum atomic E-state index is 12.9. The van der Waals surface area contributed by atoms with Crippen molar-refractivity contribution < 1.29 is 9.63 Å². The maximum absolute atomic E-state index is 12.9. The summed E-state index contributed by atoms with van der Waals surface area (Å²) in [6.07, 6.45) is 7.29. The highest BCUT2D eigenvalue weighted by molar-refractivity contribution is 5.97. The zero-order valence-electron chi connectivity index (χ0n) is 20.1. The second-order valence-electron chi connectivity index (χ2n) is 10.2. The summed E-state index contributed by atoms with van der Waals surface area (Å²) in [4.78, 5) is 17.6. The average molecular weight is 466 g/mol. The first-order valence-electron chi connectivity index (χ1n) is 12.6. The molecule has 3 aliphatic carbocycles. The van der Waals surface area contributed by atoms with E-state index in [2.05, 4.69) is 34.7 Å². The van der Waals surface area contributed by atoms with Gasteiger partial charge in [-0.25, -0.2) is 0 Å². The van der Waals surface area contributed by atoms with E-state index in [-0.39, 0.29) is 5.91 Å². The number of carbonyl (C=O) groups excluding carboxylic acids is 1. The van der Waals surface area contributed by atoms with Crippen molar-refractivity contribution in [1.29, 1.82) is 0 Å². The molecule has 3 N–H and O–H groups in total. The van der Waals surface area contributed by atoms with Crippen LogP contribution in [0.5, 0.6) is 0 Å². The van der Waals surface area contributed by atoms with Crippen molar-refractivity contribution in [2.24, 2.45) is 10.9 Å². The summed E-state index contributed by atoms with van der Waals surface area (Å²) in [6.45, 7) is 0.453. The Bertz CT molecular complexity index is 1320. The molecule has 0 atom stereocenters. The molecule has 0 spiro atoms. The fourth-order valence-corrected chi connectivity index (χ4v) is 5.30. The van der Waals surface area contributed by atoms with Crippen LogP contribution in [0.1, 0.15) is 92.4 Å². The van der Waals surface area contributed by atoms with Gasteiger partial charge in [-0.05, 0) is 101 Å². The van der Waals surface area contributed by atoms with Gasteiger partial charge in [0.2, 0.25) is 0 Å². The topological polar surface area (TPSA) is 76.7 Å². The van der Waals surface area contributed by atoms with Crippen LogP contribution in [0.15, 0.2) is 59.8 Å². The summed E-state index contributed by atoms with van der Waals surface area (Å²) >= 11 is 0. The van der Waals surface area contributed by atoms with Gasteiger partial charge < -0.3 is 15.9 Å². The van der Waals surface area contributed by atoms with Gasteiger partial charge in [0, 0.05) is 17.7 Å². The molecule has 178 valence electrons. The van der Waals surface area contributed by atoms with Gasteiger partial charge in [-0.2, -0.15) is 0 Å². The Morgan fingerprint density at radius 2 is 1.43 bits per heavy atom. The van der Waals surface area contributed by atoms with Crippen LogP contribution in [-0.4, -0.2) is 18.9 Å². The van der Waals surface area contributed by atoms with E-state index in [4.69, 9.17) is 10.6 Å². The van der Waals surface area contributed by atoms with Crippen LogP contribution in [0.4, 0.5) is 0 Å². The number of hydrogen-bond acceptors (Lipinski definition) is 3. The van der Waals surface area contributed by atoms with Gasteiger partial charge in [0.1, 0.15) is 7.11 Å². The second kappa shape index (κ2) is 8.88. The number of amides is 1. The number of fused-ring (bicyclic) bond motifs is 2. The summed E-state index contributed by atoms with van der Waals surface area (Å²) in [6, 6.07) is 18.8. The third-order valence-electron chi connectivity index (χ3n) is 7.56. The van der Waals surface area contributed by atoms with Crippen LogP contribution >= 0.6 is 0 Å². The Labute approximate surface area is 206 Å². The molecule has 0 radical (unpaired) electrons. The number of amidine groups is 1. The van der Waals surface area contributed by atoms with Crippen molar-refractivity contribution in [2.45, 2.75) is 56.9 Å². The maximum Gasteiger partial charge on any atom is 0.251 e. The third kappa shape index (κ3) is 4.55. The monoisotopic (exact) mass is 465 g/mol. The summed E-state index contributed by atoms with van der Waals surface area (Å²) in [5, 5.41) is 6.79. The SMILES string of the molecule is CO/N=C(\N)c1ccc(CNC(=O)c2ccc3c(c2)Cc2cc(C4CC4)c(C4CC4)cc2C3)cc1. The molecule has 3 aromatic carbocycles. The predicted octanol–water partition coefficient (Wildman–Crippen LogP) is 5.13. The minimum absolute atomic E-state index is 0.0501. The van der Waals surface area contributed by atoms with Gasteiger partial charge in [-0.1, -0.05) is 47.6 Å². The molecule has 1 amide bonds. The van der Waals surface area contributed by atoms with E-state index in [0.29, 0.717) is 12.4 Å². The lowest BCUT2D eigenvalue weighted by Gasteiger charge is -2.23. The highest BCUT2D eigenvalue weighted by Crippen LogP contribution is 2.50. The summed E-state index contributed by atoms with van der Waals surface area (Å²) in [7, 11) is 1.46. The van der Waals surface area contributed by atoms with Gasteiger partial charge in [-0.15, -0.1) is 0 Å². The number of nitrogens with zero attached hydrogens (tertiary/aromatic N) is 1. The van der Waals surface area contributed by atoms with E-state index in [1.165, 1.54) is 55.0 Å². The van der Waals surface area contributed by atoms with Crippen molar-refractivity contribution in [3.8, 4) is 0 Å². The Balaban J connectivity index is 1.15. The quantitative estimate of drug-likeness (QED) is 0.226. The molecule has 5 nitrogen and oxygen atoms in total. The number of nitrogens with two attached hydrogens (primary N) is 1. The van der Waals surface area contributed by atoms with E-state index in [0.717, 1.165) is 41.4 Å². The van der Waals surface area contributed by atoms with Crippen LogP contribution in [0.2, 0.25) is 0 Å². The Kier molecular flexibility index (Phi) is 5.56. The number of hydrogen-bond donors (Lipinski definition) is 2. The van der Waals surface area contributed by atoms with Crippen LogP contribution in [0.3, 0.4) is 0 Å². The van der Waals surface area contributed by atoms with Crippen molar-refractivity contribution >= 4 is 11.7 Å².